The van der Waals surface area contributed by atoms with E-state index < -0.39 is 0 Å². The number of hydrogen-bond donors (Lipinski definition) is 1. The Bertz CT molecular complexity index is 195. The summed E-state index contributed by atoms with van der Waals surface area (Å²) in [5.74, 6) is 3.43. The number of nitrogens with two attached hydrogens (primary N) is 1. The van der Waals surface area contributed by atoms with Gasteiger partial charge in [0.15, 0.2) is 0 Å². The molecule has 1 aliphatic carbocycles. The monoisotopic (exact) mass is 214 g/mol. The van der Waals surface area contributed by atoms with Gasteiger partial charge in [-0.1, -0.05) is 0 Å². The molecule has 14 heavy (non-hydrogen) atoms. The molecule has 1 saturated carbocycles. The maximum atomic E-state index is 6.34. The third-order valence-electron chi connectivity index (χ3n) is 3.63. The van der Waals surface area contributed by atoms with Crippen LogP contribution < -0.4 is 5.73 Å². The molecule has 2 aliphatic rings. The van der Waals surface area contributed by atoms with Crippen LogP contribution in [0.3, 0.4) is 0 Å². The van der Waals surface area contributed by atoms with Crippen LogP contribution in [0.25, 0.3) is 0 Å². The van der Waals surface area contributed by atoms with Crippen molar-refractivity contribution in [1.82, 2.24) is 4.90 Å². The highest BCUT2D eigenvalue weighted by Gasteiger charge is 2.39. The van der Waals surface area contributed by atoms with Gasteiger partial charge in [-0.3, -0.25) is 0 Å². The summed E-state index contributed by atoms with van der Waals surface area (Å²) in [6.45, 7) is 3.30. The van der Waals surface area contributed by atoms with E-state index in [0.717, 1.165) is 18.5 Å². The molecule has 0 spiro atoms. The van der Waals surface area contributed by atoms with E-state index in [2.05, 4.69) is 30.6 Å². The zero-order valence-electron chi connectivity index (χ0n) is 9.33. The largest absolute Gasteiger partial charge is 0.324 e. The standard InChI is InChI=1S/C11H22N2S/c1-11(12,9-3-4-9)8-13(2)10-5-6-14-7-10/h9-10H,3-8,12H2,1-2H3. The molecule has 0 aromatic heterocycles. The first kappa shape index (κ1) is 10.8. The molecule has 1 heterocycles. The van der Waals surface area contributed by atoms with E-state index in [9.17, 15) is 0 Å². The first-order chi connectivity index (χ1) is 6.59. The summed E-state index contributed by atoms with van der Waals surface area (Å²) in [5, 5.41) is 0. The number of rotatable bonds is 4. The van der Waals surface area contributed by atoms with Crippen LogP contribution in [0.4, 0.5) is 0 Å². The van der Waals surface area contributed by atoms with Crippen LogP contribution in [0.1, 0.15) is 26.2 Å². The van der Waals surface area contributed by atoms with Crippen LogP contribution in [0.15, 0.2) is 0 Å². The molecule has 2 rings (SSSR count). The average Bonchev–Trinajstić information content (AvgIpc) is 2.82. The molecule has 2 fully saturated rings. The van der Waals surface area contributed by atoms with Gasteiger partial charge in [-0.15, -0.1) is 0 Å². The van der Waals surface area contributed by atoms with E-state index in [0.29, 0.717) is 0 Å². The summed E-state index contributed by atoms with van der Waals surface area (Å²) < 4.78 is 0. The lowest BCUT2D eigenvalue weighted by molar-refractivity contribution is 0.195. The maximum absolute atomic E-state index is 6.34. The van der Waals surface area contributed by atoms with Gasteiger partial charge in [-0.25, -0.2) is 0 Å². The Morgan fingerprint density at radius 3 is 2.64 bits per heavy atom. The van der Waals surface area contributed by atoms with E-state index in [1.807, 2.05) is 0 Å². The number of hydrogen-bond acceptors (Lipinski definition) is 3. The summed E-state index contributed by atoms with van der Waals surface area (Å²) in [6, 6.07) is 0.779. The number of thioether (sulfide) groups is 1. The van der Waals surface area contributed by atoms with Crippen molar-refractivity contribution >= 4 is 11.8 Å². The van der Waals surface area contributed by atoms with Crippen molar-refractivity contribution in [2.75, 3.05) is 25.1 Å². The molecule has 1 aliphatic heterocycles. The Morgan fingerprint density at radius 2 is 2.14 bits per heavy atom. The van der Waals surface area contributed by atoms with Crippen LogP contribution in [0.2, 0.25) is 0 Å². The van der Waals surface area contributed by atoms with E-state index in [4.69, 9.17) is 5.73 Å². The predicted octanol–water partition coefficient (Wildman–Crippen LogP) is 1.55. The fraction of sp³-hybridized carbons (Fsp3) is 1.00. The van der Waals surface area contributed by atoms with Crippen molar-refractivity contribution in [1.29, 1.82) is 0 Å². The summed E-state index contributed by atoms with van der Waals surface area (Å²) in [4.78, 5) is 2.48. The lowest BCUT2D eigenvalue weighted by Crippen LogP contribution is -2.51. The minimum absolute atomic E-state index is 0.0575. The molecule has 82 valence electrons. The molecule has 1 saturated heterocycles. The average molecular weight is 214 g/mol. The van der Waals surface area contributed by atoms with Crippen molar-refractivity contribution in [2.45, 2.75) is 37.8 Å². The van der Waals surface area contributed by atoms with Crippen LogP contribution >= 0.6 is 11.8 Å². The van der Waals surface area contributed by atoms with E-state index in [1.54, 1.807) is 0 Å². The van der Waals surface area contributed by atoms with Gasteiger partial charge < -0.3 is 10.6 Å². The van der Waals surface area contributed by atoms with Crippen molar-refractivity contribution in [3.63, 3.8) is 0 Å². The van der Waals surface area contributed by atoms with Gasteiger partial charge in [-0.2, -0.15) is 11.8 Å². The quantitative estimate of drug-likeness (QED) is 0.770. The zero-order chi connectivity index (χ0) is 10.2. The zero-order valence-corrected chi connectivity index (χ0v) is 10.1. The Balaban J connectivity index is 1.82. The highest BCUT2D eigenvalue weighted by molar-refractivity contribution is 7.99. The molecule has 2 atom stereocenters. The van der Waals surface area contributed by atoms with E-state index >= 15 is 0 Å². The van der Waals surface area contributed by atoms with Crippen LogP contribution in [0, 0.1) is 5.92 Å². The third-order valence-corrected chi connectivity index (χ3v) is 4.77. The minimum Gasteiger partial charge on any atom is -0.324 e. The second kappa shape index (κ2) is 4.03. The molecule has 0 aromatic carbocycles. The van der Waals surface area contributed by atoms with Crippen molar-refractivity contribution in [3.05, 3.63) is 0 Å². The Hall–Kier alpha value is 0.270. The van der Waals surface area contributed by atoms with Crippen molar-refractivity contribution < 1.29 is 0 Å². The van der Waals surface area contributed by atoms with E-state index in [-0.39, 0.29) is 5.54 Å². The molecule has 0 aromatic rings. The van der Waals surface area contributed by atoms with Crippen LogP contribution in [-0.2, 0) is 0 Å². The molecule has 3 heteroatoms. The van der Waals surface area contributed by atoms with Gasteiger partial charge >= 0.3 is 0 Å². The van der Waals surface area contributed by atoms with E-state index in [1.165, 1.54) is 30.8 Å². The second-order valence-corrected chi connectivity index (χ2v) is 6.36. The molecule has 2 N–H and O–H groups in total. The maximum Gasteiger partial charge on any atom is 0.0283 e. The van der Waals surface area contributed by atoms with Crippen LogP contribution in [-0.4, -0.2) is 41.6 Å². The normalized spacial score (nSPS) is 32.1. The van der Waals surface area contributed by atoms with Crippen LogP contribution in [0.5, 0.6) is 0 Å². The predicted molar refractivity (Wildman–Crippen MR) is 63.7 cm³/mol. The smallest absolute Gasteiger partial charge is 0.0283 e. The Labute approximate surface area is 91.6 Å². The van der Waals surface area contributed by atoms with Crippen molar-refractivity contribution in [3.8, 4) is 0 Å². The fourth-order valence-electron chi connectivity index (χ4n) is 2.41. The van der Waals surface area contributed by atoms with Gasteiger partial charge in [0.25, 0.3) is 0 Å². The molecular formula is C11H22N2S. The third kappa shape index (κ3) is 2.44. The molecule has 2 unspecified atom stereocenters. The second-order valence-electron chi connectivity index (χ2n) is 5.21. The Morgan fingerprint density at radius 1 is 1.43 bits per heavy atom. The SMILES string of the molecule is CN(CC(C)(N)C1CC1)C1CCSC1. The molecule has 0 bridgehead atoms. The molecule has 0 amide bonds. The highest BCUT2D eigenvalue weighted by Crippen LogP contribution is 2.38. The fourth-order valence-corrected chi connectivity index (χ4v) is 3.71. The summed E-state index contributed by atoms with van der Waals surface area (Å²) in [7, 11) is 2.24. The van der Waals surface area contributed by atoms with Gasteiger partial charge in [0.05, 0.1) is 0 Å². The Kier molecular flexibility index (Phi) is 3.10. The lowest BCUT2D eigenvalue weighted by Gasteiger charge is -2.33. The van der Waals surface area contributed by atoms with Crippen molar-refractivity contribution in [2.24, 2.45) is 11.7 Å². The molecule has 0 radical (unpaired) electrons. The number of likely N-dealkylation sites (N-methyl/N-ethyl adjacent to an activating group) is 1. The topological polar surface area (TPSA) is 29.3 Å². The first-order valence-corrected chi connectivity index (χ1v) is 6.82. The molecular weight excluding hydrogens is 192 g/mol. The number of nitrogens with zero attached hydrogens (tertiary/aromatic N) is 1. The summed E-state index contributed by atoms with van der Waals surface area (Å²) in [5.41, 5.74) is 6.40. The highest BCUT2D eigenvalue weighted by atomic mass is 32.2. The summed E-state index contributed by atoms with van der Waals surface area (Å²) in [6.07, 6.45) is 4.04. The minimum atomic E-state index is 0.0575. The van der Waals surface area contributed by atoms with Gasteiger partial charge in [0.1, 0.15) is 0 Å². The lowest BCUT2D eigenvalue weighted by atomic mass is 9.96. The van der Waals surface area contributed by atoms with Gasteiger partial charge in [0, 0.05) is 23.9 Å². The molecule has 2 nitrogen and oxygen atoms in total. The van der Waals surface area contributed by atoms with Gasteiger partial charge in [-0.05, 0) is 44.9 Å². The summed E-state index contributed by atoms with van der Waals surface area (Å²) >= 11 is 2.08. The van der Waals surface area contributed by atoms with Gasteiger partial charge in [0.2, 0.25) is 0 Å². The first-order valence-electron chi connectivity index (χ1n) is 5.66.